The topological polar surface area (TPSA) is 48.1 Å². The van der Waals surface area contributed by atoms with Crippen LogP contribution in [0.25, 0.3) is 0 Å². The minimum atomic E-state index is 0.372. The van der Waals surface area contributed by atoms with Crippen LogP contribution >= 0.6 is 11.6 Å². The fourth-order valence-electron chi connectivity index (χ4n) is 1.56. The molecule has 4 heteroatoms. The Morgan fingerprint density at radius 3 is 2.44 bits per heavy atom. The SMILES string of the molecule is CC(C)c1ccc(Oc2ncc(Cl)cc2N)cc1. The molecular formula is C14H15ClN2O. The van der Waals surface area contributed by atoms with Crippen LogP contribution in [0, 0.1) is 0 Å². The molecule has 1 aromatic carbocycles. The molecule has 0 saturated heterocycles. The summed E-state index contributed by atoms with van der Waals surface area (Å²) in [6.45, 7) is 4.29. The normalized spacial score (nSPS) is 10.7. The van der Waals surface area contributed by atoms with E-state index < -0.39 is 0 Å². The van der Waals surface area contributed by atoms with Gasteiger partial charge in [0.15, 0.2) is 0 Å². The van der Waals surface area contributed by atoms with Crippen molar-refractivity contribution in [2.24, 2.45) is 0 Å². The molecule has 0 aliphatic carbocycles. The highest BCUT2D eigenvalue weighted by Crippen LogP contribution is 2.27. The summed E-state index contributed by atoms with van der Waals surface area (Å²) in [5.74, 6) is 1.58. The highest BCUT2D eigenvalue weighted by molar-refractivity contribution is 6.30. The number of ether oxygens (including phenoxy) is 1. The van der Waals surface area contributed by atoms with Gasteiger partial charge in [0.1, 0.15) is 5.75 Å². The monoisotopic (exact) mass is 262 g/mol. The largest absolute Gasteiger partial charge is 0.437 e. The first-order chi connectivity index (χ1) is 8.56. The van der Waals surface area contributed by atoms with Crippen molar-refractivity contribution in [3.8, 4) is 11.6 Å². The second-order valence-corrected chi connectivity index (χ2v) is 4.81. The molecule has 0 radical (unpaired) electrons. The maximum absolute atomic E-state index is 5.78. The number of aromatic nitrogens is 1. The molecule has 1 heterocycles. The third kappa shape index (κ3) is 2.93. The van der Waals surface area contributed by atoms with Crippen molar-refractivity contribution in [3.63, 3.8) is 0 Å². The average molecular weight is 263 g/mol. The lowest BCUT2D eigenvalue weighted by atomic mass is 10.0. The molecule has 0 aliphatic heterocycles. The van der Waals surface area contributed by atoms with Crippen LogP contribution in [-0.2, 0) is 0 Å². The molecule has 0 saturated carbocycles. The number of anilines is 1. The number of hydrogen-bond donors (Lipinski definition) is 1. The molecule has 0 atom stereocenters. The van der Waals surface area contributed by atoms with Crippen LogP contribution in [0.3, 0.4) is 0 Å². The molecule has 0 fully saturated rings. The van der Waals surface area contributed by atoms with Crippen LogP contribution in [0.2, 0.25) is 5.02 Å². The zero-order valence-corrected chi connectivity index (χ0v) is 11.1. The molecule has 18 heavy (non-hydrogen) atoms. The molecule has 0 amide bonds. The Kier molecular flexibility index (Phi) is 3.72. The van der Waals surface area contributed by atoms with Crippen LogP contribution in [-0.4, -0.2) is 4.98 Å². The van der Waals surface area contributed by atoms with Gasteiger partial charge in [-0.25, -0.2) is 4.98 Å². The first-order valence-electron chi connectivity index (χ1n) is 5.75. The smallest absolute Gasteiger partial charge is 0.242 e. The van der Waals surface area contributed by atoms with Gasteiger partial charge in [-0.2, -0.15) is 0 Å². The van der Waals surface area contributed by atoms with Gasteiger partial charge in [0, 0.05) is 6.20 Å². The van der Waals surface area contributed by atoms with Crippen molar-refractivity contribution in [2.75, 3.05) is 5.73 Å². The van der Waals surface area contributed by atoms with E-state index in [0.29, 0.717) is 28.3 Å². The molecule has 0 spiro atoms. The molecule has 0 bridgehead atoms. The molecule has 1 aromatic heterocycles. The van der Waals surface area contributed by atoms with Gasteiger partial charge in [-0.3, -0.25) is 0 Å². The number of halogens is 1. The Bertz CT molecular complexity index is 538. The lowest BCUT2D eigenvalue weighted by molar-refractivity contribution is 0.465. The third-order valence-electron chi connectivity index (χ3n) is 2.61. The minimum absolute atomic E-state index is 0.372. The summed E-state index contributed by atoms with van der Waals surface area (Å²) in [7, 11) is 0. The second kappa shape index (κ2) is 5.27. The summed E-state index contributed by atoms with van der Waals surface area (Å²) in [5, 5.41) is 0.495. The van der Waals surface area contributed by atoms with Crippen molar-refractivity contribution in [1.29, 1.82) is 0 Å². The number of nitrogens with two attached hydrogens (primary N) is 1. The second-order valence-electron chi connectivity index (χ2n) is 4.37. The summed E-state index contributed by atoms with van der Waals surface area (Å²) >= 11 is 5.78. The van der Waals surface area contributed by atoms with Gasteiger partial charge in [0.25, 0.3) is 0 Å². The first kappa shape index (κ1) is 12.7. The molecule has 0 aliphatic rings. The summed E-state index contributed by atoms with van der Waals surface area (Å²) < 4.78 is 5.60. The highest BCUT2D eigenvalue weighted by Gasteiger charge is 2.05. The Hall–Kier alpha value is -1.74. The number of rotatable bonds is 3. The van der Waals surface area contributed by atoms with E-state index >= 15 is 0 Å². The zero-order chi connectivity index (χ0) is 13.1. The van der Waals surface area contributed by atoms with Crippen molar-refractivity contribution >= 4 is 17.3 Å². The quantitative estimate of drug-likeness (QED) is 0.900. The lowest BCUT2D eigenvalue weighted by Crippen LogP contribution is -1.95. The Labute approximate surface area is 112 Å². The van der Waals surface area contributed by atoms with Gasteiger partial charge in [-0.15, -0.1) is 0 Å². The van der Waals surface area contributed by atoms with Crippen LogP contribution < -0.4 is 10.5 Å². The van der Waals surface area contributed by atoms with Crippen LogP contribution in [0.15, 0.2) is 36.5 Å². The number of hydrogen-bond acceptors (Lipinski definition) is 3. The standard InChI is InChI=1S/C14H15ClN2O/c1-9(2)10-3-5-12(6-4-10)18-14-13(16)7-11(15)8-17-14/h3-9H,16H2,1-2H3. The lowest BCUT2D eigenvalue weighted by Gasteiger charge is -2.09. The summed E-state index contributed by atoms with van der Waals surface area (Å²) in [4.78, 5) is 4.05. The van der Waals surface area contributed by atoms with E-state index in [4.69, 9.17) is 22.1 Å². The van der Waals surface area contributed by atoms with Crippen molar-refractivity contribution in [1.82, 2.24) is 4.98 Å². The molecule has 2 aromatic rings. The van der Waals surface area contributed by atoms with Gasteiger partial charge in [-0.05, 0) is 29.7 Å². The average Bonchev–Trinajstić information content (AvgIpc) is 2.33. The third-order valence-corrected chi connectivity index (χ3v) is 2.81. The van der Waals surface area contributed by atoms with Crippen molar-refractivity contribution in [3.05, 3.63) is 47.1 Å². The van der Waals surface area contributed by atoms with Crippen LogP contribution in [0.4, 0.5) is 5.69 Å². The van der Waals surface area contributed by atoms with E-state index in [-0.39, 0.29) is 0 Å². The Balaban J connectivity index is 2.18. The summed E-state index contributed by atoms with van der Waals surface area (Å²) in [6.07, 6.45) is 1.51. The summed E-state index contributed by atoms with van der Waals surface area (Å²) in [5.41, 5.74) is 7.47. The number of pyridine rings is 1. The maximum atomic E-state index is 5.78. The predicted molar refractivity (Wildman–Crippen MR) is 74.3 cm³/mol. The van der Waals surface area contributed by atoms with E-state index in [1.165, 1.54) is 11.8 Å². The number of benzene rings is 1. The van der Waals surface area contributed by atoms with E-state index in [9.17, 15) is 0 Å². The van der Waals surface area contributed by atoms with Gasteiger partial charge in [-0.1, -0.05) is 37.6 Å². The summed E-state index contributed by atoms with van der Waals surface area (Å²) in [6, 6.07) is 9.50. The fraction of sp³-hybridized carbons (Fsp3) is 0.214. The molecule has 2 N–H and O–H groups in total. The van der Waals surface area contributed by atoms with Gasteiger partial charge in [0.2, 0.25) is 5.88 Å². The van der Waals surface area contributed by atoms with E-state index in [1.807, 2.05) is 24.3 Å². The predicted octanol–water partition coefficient (Wildman–Crippen LogP) is 4.23. The number of nitrogens with zero attached hydrogens (tertiary/aromatic N) is 1. The van der Waals surface area contributed by atoms with Crippen LogP contribution in [0.1, 0.15) is 25.3 Å². The first-order valence-corrected chi connectivity index (χ1v) is 6.13. The van der Waals surface area contributed by atoms with Gasteiger partial charge < -0.3 is 10.5 Å². The van der Waals surface area contributed by atoms with E-state index in [0.717, 1.165) is 0 Å². The molecule has 0 unspecified atom stereocenters. The van der Waals surface area contributed by atoms with Crippen LogP contribution in [0.5, 0.6) is 11.6 Å². The van der Waals surface area contributed by atoms with Crippen molar-refractivity contribution in [2.45, 2.75) is 19.8 Å². The zero-order valence-electron chi connectivity index (χ0n) is 10.4. The van der Waals surface area contributed by atoms with Crippen molar-refractivity contribution < 1.29 is 4.74 Å². The molecule has 3 nitrogen and oxygen atoms in total. The van der Waals surface area contributed by atoms with Gasteiger partial charge >= 0.3 is 0 Å². The molecule has 2 rings (SSSR count). The molecule has 94 valence electrons. The minimum Gasteiger partial charge on any atom is -0.437 e. The number of nitrogen functional groups attached to an aromatic ring is 1. The van der Waals surface area contributed by atoms with E-state index in [2.05, 4.69) is 18.8 Å². The Morgan fingerprint density at radius 2 is 1.89 bits per heavy atom. The van der Waals surface area contributed by atoms with E-state index in [1.54, 1.807) is 6.07 Å². The fourth-order valence-corrected chi connectivity index (χ4v) is 1.73. The maximum Gasteiger partial charge on any atom is 0.242 e. The van der Waals surface area contributed by atoms with Gasteiger partial charge in [0.05, 0.1) is 10.7 Å². The highest BCUT2D eigenvalue weighted by atomic mass is 35.5. The molecular weight excluding hydrogens is 248 g/mol. The Morgan fingerprint density at radius 1 is 1.22 bits per heavy atom.